The highest BCUT2D eigenvalue weighted by Gasteiger charge is 2.30. The number of hydrogen-bond donors (Lipinski definition) is 1. The van der Waals surface area contributed by atoms with Crippen LogP contribution in [-0.4, -0.2) is 27.5 Å². The Hall–Kier alpha value is -2.67. The molecule has 1 aliphatic rings. The monoisotopic (exact) mass is 374 g/mol. The molecule has 2 aromatic rings. The Morgan fingerprint density at radius 1 is 1.48 bits per heavy atom. The molecular weight excluding hydrogens is 363 g/mol. The quantitative estimate of drug-likeness (QED) is 0.836. The maximum atomic E-state index is 13.4. The zero-order chi connectivity index (χ0) is 18.0. The third-order valence-corrected chi connectivity index (χ3v) is 5.28. The lowest BCUT2D eigenvalue weighted by atomic mass is 10.2. The van der Waals surface area contributed by atoms with Crippen LogP contribution in [0.4, 0.5) is 10.1 Å². The SMILES string of the molecule is CN1C(C(=O)Nc2ccc(F)c(C#N)c2)=CC(c2cccs2)=N[S+]1[O-]. The highest BCUT2D eigenvalue weighted by molar-refractivity contribution is 7.88. The summed E-state index contributed by atoms with van der Waals surface area (Å²) in [7, 11) is 1.49. The van der Waals surface area contributed by atoms with Gasteiger partial charge in [0.1, 0.15) is 17.6 Å². The number of hydrogen-bond acceptors (Lipinski definition) is 6. The molecule has 6 nitrogen and oxygen atoms in total. The molecule has 0 fully saturated rings. The molecule has 1 aliphatic heterocycles. The fourth-order valence-corrected chi connectivity index (χ4v) is 3.60. The number of anilines is 1. The van der Waals surface area contributed by atoms with E-state index in [0.29, 0.717) is 5.71 Å². The van der Waals surface area contributed by atoms with Crippen LogP contribution >= 0.6 is 11.3 Å². The molecule has 3 rings (SSSR count). The summed E-state index contributed by atoms with van der Waals surface area (Å²) in [5.41, 5.74) is 0.698. The van der Waals surface area contributed by atoms with Crippen LogP contribution < -0.4 is 5.32 Å². The van der Waals surface area contributed by atoms with E-state index in [-0.39, 0.29) is 16.9 Å². The van der Waals surface area contributed by atoms with Crippen LogP contribution in [0, 0.1) is 17.1 Å². The van der Waals surface area contributed by atoms with Crippen LogP contribution in [0.2, 0.25) is 0 Å². The number of thiophene rings is 1. The number of amides is 1. The van der Waals surface area contributed by atoms with Crippen molar-refractivity contribution in [2.75, 3.05) is 12.4 Å². The lowest BCUT2D eigenvalue weighted by Gasteiger charge is -2.23. The Morgan fingerprint density at radius 2 is 2.28 bits per heavy atom. The van der Waals surface area contributed by atoms with Gasteiger partial charge in [0, 0.05) is 11.8 Å². The Kier molecular flexibility index (Phi) is 4.85. The van der Waals surface area contributed by atoms with Gasteiger partial charge in [-0.2, -0.15) is 9.57 Å². The van der Waals surface area contributed by atoms with Crippen LogP contribution in [-0.2, 0) is 16.3 Å². The van der Waals surface area contributed by atoms with Crippen LogP contribution in [0.15, 0.2) is 51.9 Å². The molecule has 0 bridgehead atoms. The first-order chi connectivity index (χ1) is 12.0. The van der Waals surface area contributed by atoms with Gasteiger partial charge in [0.15, 0.2) is 5.70 Å². The predicted molar refractivity (Wildman–Crippen MR) is 94.6 cm³/mol. The number of halogens is 1. The maximum Gasteiger partial charge on any atom is 0.276 e. The lowest BCUT2D eigenvalue weighted by molar-refractivity contribution is -0.113. The number of benzene rings is 1. The normalized spacial score (nSPS) is 16.7. The minimum Gasteiger partial charge on any atom is -0.566 e. The number of rotatable bonds is 3. The van der Waals surface area contributed by atoms with Crippen molar-refractivity contribution in [3.63, 3.8) is 0 Å². The van der Waals surface area contributed by atoms with E-state index in [2.05, 4.69) is 9.71 Å². The summed E-state index contributed by atoms with van der Waals surface area (Å²) in [5.74, 6) is -1.20. The van der Waals surface area contributed by atoms with Crippen molar-refractivity contribution in [2.45, 2.75) is 0 Å². The van der Waals surface area contributed by atoms with E-state index in [0.717, 1.165) is 10.9 Å². The van der Waals surface area contributed by atoms with Crippen molar-refractivity contribution in [1.82, 2.24) is 4.31 Å². The summed E-state index contributed by atoms with van der Waals surface area (Å²) in [5, 5.41) is 13.3. The fraction of sp³-hybridized carbons (Fsp3) is 0.0625. The summed E-state index contributed by atoms with van der Waals surface area (Å²) in [4.78, 5) is 13.3. The molecule has 1 atom stereocenters. The molecule has 1 N–H and O–H groups in total. The second-order valence-electron chi connectivity index (χ2n) is 4.97. The van der Waals surface area contributed by atoms with E-state index < -0.39 is 23.3 Å². The van der Waals surface area contributed by atoms with Gasteiger partial charge >= 0.3 is 0 Å². The first kappa shape index (κ1) is 17.2. The molecule has 1 amide bonds. The van der Waals surface area contributed by atoms with Crippen LogP contribution in [0.1, 0.15) is 10.4 Å². The predicted octanol–water partition coefficient (Wildman–Crippen LogP) is 2.59. The maximum absolute atomic E-state index is 13.4. The number of carbonyl (C=O) groups excluding carboxylic acids is 1. The molecule has 0 spiro atoms. The van der Waals surface area contributed by atoms with Gasteiger partial charge in [-0.1, -0.05) is 6.07 Å². The lowest BCUT2D eigenvalue weighted by Crippen LogP contribution is -2.35. The third kappa shape index (κ3) is 3.56. The number of nitrogens with zero attached hydrogens (tertiary/aromatic N) is 3. The van der Waals surface area contributed by atoms with E-state index in [1.165, 1.54) is 40.9 Å². The smallest absolute Gasteiger partial charge is 0.276 e. The molecule has 1 aromatic heterocycles. The molecule has 2 heterocycles. The molecular formula is C16H11FN4O2S2. The van der Waals surface area contributed by atoms with Crippen LogP contribution in [0.3, 0.4) is 0 Å². The van der Waals surface area contributed by atoms with Gasteiger partial charge < -0.3 is 9.87 Å². The summed E-state index contributed by atoms with van der Waals surface area (Å²) >= 11 is -0.312. The molecule has 0 radical (unpaired) electrons. The van der Waals surface area contributed by atoms with E-state index in [4.69, 9.17) is 5.26 Å². The third-order valence-electron chi connectivity index (χ3n) is 3.37. The zero-order valence-corrected chi connectivity index (χ0v) is 14.5. The van der Waals surface area contributed by atoms with Gasteiger partial charge in [-0.25, -0.2) is 4.39 Å². The van der Waals surface area contributed by atoms with Gasteiger partial charge in [-0.15, -0.1) is 11.3 Å². The van der Waals surface area contributed by atoms with Gasteiger partial charge in [0.05, 0.1) is 17.5 Å². The first-order valence-corrected chi connectivity index (χ1v) is 8.95. The number of likely N-dealkylation sites (N-methyl/N-ethyl adjacent to an activating group) is 1. The highest BCUT2D eigenvalue weighted by Crippen LogP contribution is 2.23. The largest absolute Gasteiger partial charge is 0.566 e. The molecule has 0 aliphatic carbocycles. The summed E-state index contributed by atoms with van der Waals surface area (Å²) in [6, 6.07) is 9.05. The number of nitriles is 1. The van der Waals surface area contributed by atoms with Crippen molar-refractivity contribution in [1.29, 1.82) is 5.26 Å². The van der Waals surface area contributed by atoms with Crippen molar-refractivity contribution >= 4 is 40.2 Å². The van der Waals surface area contributed by atoms with Crippen LogP contribution in [0.25, 0.3) is 0 Å². The van der Waals surface area contributed by atoms with E-state index in [1.54, 1.807) is 6.07 Å². The van der Waals surface area contributed by atoms with Crippen molar-refractivity contribution in [3.8, 4) is 6.07 Å². The van der Waals surface area contributed by atoms with E-state index in [1.807, 2.05) is 17.5 Å². The Labute approximate surface area is 150 Å². The van der Waals surface area contributed by atoms with E-state index in [9.17, 15) is 13.7 Å². The number of nitrogens with one attached hydrogen (secondary N) is 1. The second kappa shape index (κ2) is 7.06. The average Bonchev–Trinajstić information content (AvgIpc) is 3.13. The van der Waals surface area contributed by atoms with Crippen molar-refractivity contribution < 1.29 is 13.7 Å². The number of carbonyl (C=O) groups is 1. The summed E-state index contributed by atoms with van der Waals surface area (Å²) in [6.45, 7) is 0. The molecule has 9 heteroatoms. The molecule has 126 valence electrons. The van der Waals surface area contributed by atoms with E-state index >= 15 is 0 Å². The molecule has 1 aromatic carbocycles. The molecule has 1 unspecified atom stereocenters. The van der Waals surface area contributed by atoms with Crippen molar-refractivity contribution in [3.05, 3.63) is 63.7 Å². The Morgan fingerprint density at radius 3 is 2.96 bits per heavy atom. The topological polar surface area (TPSA) is 91.6 Å². The van der Waals surface area contributed by atoms with Gasteiger partial charge in [-0.05, 0) is 34.0 Å². The highest BCUT2D eigenvalue weighted by atomic mass is 32.2. The minimum absolute atomic E-state index is 0.152. The number of allylic oxidation sites excluding steroid dienone is 1. The fourth-order valence-electron chi connectivity index (χ4n) is 2.11. The molecule has 0 saturated heterocycles. The Bertz CT molecular complexity index is 919. The zero-order valence-electron chi connectivity index (χ0n) is 12.9. The second-order valence-corrected chi connectivity index (χ2v) is 7.11. The van der Waals surface area contributed by atoms with Crippen molar-refractivity contribution in [2.24, 2.45) is 4.40 Å². The minimum atomic E-state index is -1.73. The van der Waals surface area contributed by atoms with Crippen LogP contribution in [0.5, 0.6) is 0 Å². The first-order valence-electron chi connectivity index (χ1n) is 7.00. The standard InChI is InChI=1S/C16H11FN4O2S2/c1-21-14(8-13(20-25(21)23)15-3-2-6-24-15)16(22)19-11-4-5-12(17)10(7-11)9-18/h2-8H,1H3,(H,19,22). The molecule has 0 saturated carbocycles. The molecule has 25 heavy (non-hydrogen) atoms. The summed E-state index contributed by atoms with van der Waals surface area (Å²) in [6.07, 6.45) is 1.54. The van der Waals surface area contributed by atoms with Gasteiger partial charge in [0.25, 0.3) is 5.91 Å². The van der Waals surface area contributed by atoms with Gasteiger partial charge in [-0.3, -0.25) is 4.79 Å². The summed E-state index contributed by atoms with van der Waals surface area (Å²) < 4.78 is 30.8. The van der Waals surface area contributed by atoms with Gasteiger partial charge in [0.2, 0.25) is 11.5 Å². The Balaban J connectivity index is 1.88. The average molecular weight is 374 g/mol.